The third-order valence-electron chi connectivity index (χ3n) is 5.02. The first-order chi connectivity index (χ1) is 16.8. The van der Waals surface area contributed by atoms with Crippen LogP contribution < -0.4 is 14.9 Å². The van der Waals surface area contributed by atoms with Gasteiger partial charge in [0.15, 0.2) is 9.84 Å². The fourth-order valence-electron chi connectivity index (χ4n) is 3.40. The molecule has 0 saturated heterocycles. The molecule has 1 aliphatic rings. The van der Waals surface area contributed by atoms with E-state index >= 15 is 0 Å². The van der Waals surface area contributed by atoms with Crippen LogP contribution in [0, 0.1) is 0 Å². The molecule has 0 radical (unpaired) electrons. The second kappa shape index (κ2) is 9.48. The normalized spacial score (nSPS) is 13.9. The van der Waals surface area contributed by atoms with E-state index in [4.69, 9.17) is 23.2 Å². The molecule has 0 bridgehead atoms. The lowest BCUT2D eigenvalue weighted by atomic mass is 9.98. The van der Waals surface area contributed by atoms with Crippen molar-refractivity contribution in [1.82, 2.24) is 4.72 Å². The SMILES string of the molecule is CS(=O)(=O)c1ccc2c(c1)C(=O)N(c1ccc(NC(=O)NS(=O)(=O)c3ccc(Cl)s3)cc1Cl)C(=O)C2. The molecule has 36 heavy (non-hydrogen) atoms. The second-order valence-electron chi connectivity index (χ2n) is 7.59. The van der Waals surface area contributed by atoms with E-state index in [-0.39, 0.29) is 41.8 Å². The highest BCUT2D eigenvalue weighted by molar-refractivity contribution is 7.92. The summed E-state index contributed by atoms with van der Waals surface area (Å²) in [5.41, 5.74) is 0.522. The predicted octanol–water partition coefficient (Wildman–Crippen LogP) is 3.70. The average molecular weight is 588 g/mol. The van der Waals surface area contributed by atoms with E-state index in [1.807, 2.05) is 4.72 Å². The molecule has 0 aliphatic carbocycles. The number of thiophene rings is 1. The molecule has 10 nitrogen and oxygen atoms in total. The van der Waals surface area contributed by atoms with E-state index in [1.165, 1.54) is 48.5 Å². The van der Waals surface area contributed by atoms with E-state index in [2.05, 4.69) is 5.32 Å². The zero-order valence-electron chi connectivity index (χ0n) is 18.1. The lowest BCUT2D eigenvalue weighted by molar-refractivity contribution is -0.117. The Kier molecular flexibility index (Phi) is 6.88. The molecule has 2 aromatic carbocycles. The monoisotopic (exact) mass is 587 g/mol. The molecule has 4 rings (SSSR count). The van der Waals surface area contributed by atoms with Crippen LogP contribution in [0.4, 0.5) is 16.2 Å². The van der Waals surface area contributed by atoms with Crippen LogP contribution in [0.3, 0.4) is 0 Å². The first-order valence-electron chi connectivity index (χ1n) is 9.85. The summed E-state index contributed by atoms with van der Waals surface area (Å²) >= 11 is 12.8. The van der Waals surface area contributed by atoms with E-state index in [0.717, 1.165) is 22.5 Å². The maximum Gasteiger partial charge on any atom is 0.333 e. The number of carbonyl (C=O) groups is 3. The van der Waals surface area contributed by atoms with Crippen molar-refractivity contribution in [2.45, 2.75) is 15.5 Å². The fourth-order valence-corrected chi connectivity index (χ4v) is 6.70. The molecule has 15 heteroatoms. The minimum atomic E-state index is -4.15. The molecule has 0 unspecified atom stereocenters. The maximum atomic E-state index is 13.1. The van der Waals surface area contributed by atoms with Gasteiger partial charge in [-0.1, -0.05) is 29.3 Å². The third kappa shape index (κ3) is 5.25. The molecule has 1 aromatic heterocycles. The first-order valence-corrected chi connectivity index (χ1v) is 14.8. The number of sulfone groups is 1. The summed E-state index contributed by atoms with van der Waals surface area (Å²) in [6, 6.07) is 9.36. The van der Waals surface area contributed by atoms with Crippen LogP contribution in [0.5, 0.6) is 0 Å². The highest BCUT2D eigenvalue weighted by Gasteiger charge is 2.34. The van der Waals surface area contributed by atoms with Gasteiger partial charge in [-0.3, -0.25) is 9.59 Å². The van der Waals surface area contributed by atoms with Gasteiger partial charge in [0, 0.05) is 17.5 Å². The summed E-state index contributed by atoms with van der Waals surface area (Å²) in [6.45, 7) is 0. The highest BCUT2D eigenvalue weighted by atomic mass is 35.5. The number of rotatable bonds is 5. The van der Waals surface area contributed by atoms with Gasteiger partial charge in [-0.15, -0.1) is 11.3 Å². The summed E-state index contributed by atoms with van der Waals surface area (Å²) < 4.78 is 50.2. The van der Waals surface area contributed by atoms with Crippen molar-refractivity contribution < 1.29 is 31.2 Å². The number of fused-ring (bicyclic) bond motifs is 1. The fraction of sp³-hybridized carbons (Fsp3) is 0.0952. The minimum Gasteiger partial charge on any atom is -0.307 e. The van der Waals surface area contributed by atoms with Gasteiger partial charge in [-0.05, 0) is 48.0 Å². The standard InChI is InChI=1S/C21H15Cl2N3O7S3/c1-35(30,31)13-4-2-11-8-18(27)26(20(28)14(11)10-13)16-5-3-12(9-15(16)22)24-21(29)25-36(32,33)19-7-6-17(23)34-19/h2-7,9-10H,8H2,1H3,(H2,24,25,29). The Morgan fingerprint density at radius 3 is 2.33 bits per heavy atom. The largest absolute Gasteiger partial charge is 0.333 e. The van der Waals surface area contributed by atoms with Gasteiger partial charge in [0.1, 0.15) is 4.21 Å². The van der Waals surface area contributed by atoms with Gasteiger partial charge in [0.2, 0.25) is 5.91 Å². The molecule has 1 aliphatic heterocycles. The lowest BCUT2D eigenvalue weighted by Gasteiger charge is -2.28. The maximum absolute atomic E-state index is 13.1. The summed E-state index contributed by atoms with van der Waals surface area (Å²) in [5, 5.41) is 2.22. The van der Waals surface area contributed by atoms with Gasteiger partial charge in [0.25, 0.3) is 15.9 Å². The van der Waals surface area contributed by atoms with E-state index in [0.29, 0.717) is 5.56 Å². The van der Waals surface area contributed by atoms with Crippen LogP contribution in [0.25, 0.3) is 0 Å². The second-order valence-corrected chi connectivity index (χ2v) is 13.6. The molecular weight excluding hydrogens is 573 g/mol. The molecule has 4 amide bonds. The molecule has 3 aromatic rings. The average Bonchev–Trinajstić information content (AvgIpc) is 3.21. The minimum absolute atomic E-state index is 0.00822. The topological polar surface area (TPSA) is 147 Å². The first kappa shape index (κ1) is 26.1. The summed E-state index contributed by atoms with van der Waals surface area (Å²) in [6.07, 6.45) is 0.846. The van der Waals surface area contributed by atoms with E-state index in [9.17, 15) is 31.2 Å². The van der Waals surface area contributed by atoms with Crippen LogP contribution in [0.2, 0.25) is 9.36 Å². The van der Waals surface area contributed by atoms with Crippen molar-refractivity contribution in [2.24, 2.45) is 0 Å². The number of amides is 4. The van der Waals surface area contributed by atoms with Crippen molar-refractivity contribution in [3.63, 3.8) is 0 Å². The van der Waals surface area contributed by atoms with E-state index in [1.54, 1.807) is 0 Å². The van der Waals surface area contributed by atoms with Crippen molar-refractivity contribution >= 4 is 83.6 Å². The van der Waals surface area contributed by atoms with Gasteiger partial charge in [-0.2, -0.15) is 0 Å². The van der Waals surface area contributed by atoms with Crippen LogP contribution in [-0.4, -0.2) is 40.9 Å². The Bertz CT molecular complexity index is 1650. The molecule has 0 atom stereocenters. The number of nitrogens with zero attached hydrogens (tertiary/aromatic N) is 1. The van der Waals surface area contributed by atoms with Crippen molar-refractivity contribution in [1.29, 1.82) is 0 Å². The zero-order valence-corrected chi connectivity index (χ0v) is 22.1. The number of urea groups is 1. The predicted molar refractivity (Wildman–Crippen MR) is 135 cm³/mol. The molecule has 2 N–H and O–H groups in total. The Morgan fingerprint density at radius 1 is 1.00 bits per heavy atom. The van der Waals surface area contributed by atoms with Gasteiger partial charge in [0.05, 0.1) is 26.4 Å². The van der Waals surface area contributed by atoms with Crippen molar-refractivity contribution in [3.05, 3.63) is 69.0 Å². The highest BCUT2D eigenvalue weighted by Crippen LogP contribution is 2.34. The van der Waals surface area contributed by atoms with Crippen LogP contribution in [0.1, 0.15) is 15.9 Å². The zero-order chi connectivity index (χ0) is 26.4. The van der Waals surface area contributed by atoms with Crippen LogP contribution in [0.15, 0.2) is 57.6 Å². The number of imide groups is 1. The molecule has 188 valence electrons. The van der Waals surface area contributed by atoms with Crippen molar-refractivity contribution in [2.75, 3.05) is 16.5 Å². The van der Waals surface area contributed by atoms with Gasteiger partial charge >= 0.3 is 6.03 Å². The third-order valence-corrected chi connectivity index (χ3v) is 9.49. The Balaban J connectivity index is 1.56. The smallest absolute Gasteiger partial charge is 0.307 e. The lowest BCUT2D eigenvalue weighted by Crippen LogP contribution is -2.42. The number of benzene rings is 2. The molecular formula is C21H15Cl2N3O7S3. The Labute approximate surface area is 219 Å². The number of sulfonamides is 1. The number of carbonyl (C=O) groups excluding carboxylic acids is 3. The summed E-state index contributed by atoms with van der Waals surface area (Å²) in [5.74, 6) is -1.34. The summed E-state index contributed by atoms with van der Waals surface area (Å²) in [7, 11) is -7.74. The number of hydrogen-bond donors (Lipinski definition) is 2. The molecule has 0 spiro atoms. The molecule has 0 fully saturated rings. The quantitative estimate of drug-likeness (QED) is 0.432. The van der Waals surface area contributed by atoms with Crippen LogP contribution in [-0.2, 0) is 31.1 Å². The van der Waals surface area contributed by atoms with Gasteiger partial charge in [-0.25, -0.2) is 31.3 Å². The number of nitrogens with one attached hydrogen (secondary N) is 2. The van der Waals surface area contributed by atoms with Crippen molar-refractivity contribution in [3.8, 4) is 0 Å². The number of hydrogen-bond acceptors (Lipinski definition) is 8. The number of anilines is 2. The molecule has 0 saturated carbocycles. The Hall–Kier alpha value is -2.97. The van der Waals surface area contributed by atoms with Gasteiger partial charge < -0.3 is 5.32 Å². The van der Waals surface area contributed by atoms with Crippen LogP contribution >= 0.6 is 34.5 Å². The molecule has 2 heterocycles. The summed E-state index contributed by atoms with van der Waals surface area (Å²) in [4.78, 5) is 38.8. The number of halogens is 2. The Morgan fingerprint density at radius 2 is 1.72 bits per heavy atom. The van der Waals surface area contributed by atoms with E-state index < -0.39 is 37.7 Å².